The standard InChI is InChI=1S/C16H17N3O4/c1-12-8-16(23-18-12)17-15(20)11-19(9-13-4-2-6-21-13)10-14-5-3-7-22-14/h2-8H,9-11H2,1H3,(H,17,20). The number of amides is 1. The Morgan fingerprint density at radius 3 is 2.30 bits per heavy atom. The van der Waals surface area contributed by atoms with Crippen molar-refractivity contribution in [3.63, 3.8) is 0 Å². The van der Waals surface area contributed by atoms with Crippen LogP contribution in [0.5, 0.6) is 0 Å². The Morgan fingerprint density at radius 2 is 1.83 bits per heavy atom. The summed E-state index contributed by atoms with van der Waals surface area (Å²) in [6.07, 6.45) is 3.22. The molecule has 0 bridgehead atoms. The van der Waals surface area contributed by atoms with E-state index in [-0.39, 0.29) is 12.5 Å². The molecule has 7 heteroatoms. The summed E-state index contributed by atoms with van der Waals surface area (Å²) in [6.45, 7) is 2.95. The molecule has 0 saturated carbocycles. The minimum Gasteiger partial charge on any atom is -0.468 e. The molecule has 0 aliphatic heterocycles. The quantitative estimate of drug-likeness (QED) is 0.721. The van der Waals surface area contributed by atoms with Gasteiger partial charge in [0.15, 0.2) is 0 Å². The Hall–Kier alpha value is -2.80. The van der Waals surface area contributed by atoms with Crippen molar-refractivity contribution in [1.82, 2.24) is 10.1 Å². The van der Waals surface area contributed by atoms with Gasteiger partial charge in [-0.1, -0.05) is 5.16 Å². The van der Waals surface area contributed by atoms with Gasteiger partial charge in [-0.05, 0) is 31.2 Å². The van der Waals surface area contributed by atoms with Gasteiger partial charge in [0.05, 0.1) is 37.9 Å². The zero-order valence-electron chi connectivity index (χ0n) is 12.7. The lowest BCUT2D eigenvalue weighted by atomic mass is 10.3. The highest BCUT2D eigenvalue weighted by molar-refractivity contribution is 5.90. The van der Waals surface area contributed by atoms with E-state index >= 15 is 0 Å². The van der Waals surface area contributed by atoms with Gasteiger partial charge in [-0.2, -0.15) is 0 Å². The molecule has 0 aliphatic carbocycles. The van der Waals surface area contributed by atoms with Crippen LogP contribution in [0.1, 0.15) is 17.2 Å². The Morgan fingerprint density at radius 1 is 1.17 bits per heavy atom. The van der Waals surface area contributed by atoms with Crippen molar-refractivity contribution in [3.05, 3.63) is 60.1 Å². The number of aromatic nitrogens is 1. The van der Waals surface area contributed by atoms with Gasteiger partial charge < -0.3 is 13.4 Å². The van der Waals surface area contributed by atoms with Crippen LogP contribution in [0, 0.1) is 6.92 Å². The fourth-order valence-corrected chi connectivity index (χ4v) is 2.22. The van der Waals surface area contributed by atoms with Crippen molar-refractivity contribution in [2.45, 2.75) is 20.0 Å². The van der Waals surface area contributed by atoms with Gasteiger partial charge in [0.25, 0.3) is 0 Å². The van der Waals surface area contributed by atoms with E-state index in [0.29, 0.717) is 24.7 Å². The Kier molecular flexibility index (Phi) is 4.58. The van der Waals surface area contributed by atoms with E-state index in [1.807, 2.05) is 29.2 Å². The van der Waals surface area contributed by atoms with E-state index in [4.69, 9.17) is 13.4 Å². The number of hydrogen-bond donors (Lipinski definition) is 1. The second-order valence-electron chi connectivity index (χ2n) is 5.18. The molecule has 0 fully saturated rings. The second kappa shape index (κ2) is 6.97. The van der Waals surface area contributed by atoms with Gasteiger partial charge in [0.1, 0.15) is 11.5 Å². The average molecular weight is 315 g/mol. The highest BCUT2D eigenvalue weighted by atomic mass is 16.5. The lowest BCUT2D eigenvalue weighted by Crippen LogP contribution is -2.32. The molecule has 0 saturated heterocycles. The van der Waals surface area contributed by atoms with Crippen molar-refractivity contribution in [2.75, 3.05) is 11.9 Å². The maximum atomic E-state index is 12.2. The van der Waals surface area contributed by atoms with Crippen LogP contribution in [0.4, 0.5) is 5.88 Å². The van der Waals surface area contributed by atoms with Crippen LogP contribution in [0.3, 0.4) is 0 Å². The molecule has 120 valence electrons. The molecule has 1 N–H and O–H groups in total. The first-order valence-corrected chi connectivity index (χ1v) is 7.19. The van der Waals surface area contributed by atoms with Crippen molar-refractivity contribution in [2.24, 2.45) is 0 Å². The van der Waals surface area contributed by atoms with Crippen molar-refractivity contribution >= 4 is 11.8 Å². The third kappa shape index (κ3) is 4.33. The highest BCUT2D eigenvalue weighted by Gasteiger charge is 2.16. The van der Waals surface area contributed by atoms with Crippen LogP contribution in [0.25, 0.3) is 0 Å². The third-order valence-corrected chi connectivity index (χ3v) is 3.18. The summed E-state index contributed by atoms with van der Waals surface area (Å²) in [5, 5.41) is 6.42. The molecule has 3 rings (SSSR count). The molecule has 3 aromatic heterocycles. The number of carbonyl (C=O) groups is 1. The molecule has 1 amide bonds. The average Bonchev–Trinajstić information content (AvgIpc) is 3.23. The summed E-state index contributed by atoms with van der Waals surface area (Å²) in [5.41, 5.74) is 0.711. The SMILES string of the molecule is Cc1cc(NC(=O)CN(Cc2ccco2)Cc2ccco2)on1. The minimum absolute atomic E-state index is 0.168. The van der Waals surface area contributed by atoms with E-state index in [9.17, 15) is 4.79 Å². The second-order valence-corrected chi connectivity index (χ2v) is 5.18. The summed E-state index contributed by atoms with van der Waals surface area (Å²) < 4.78 is 15.7. The van der Waals surface area contributed by atoms with Gasteiger partial charge in [0.2, 0.25) is 11.8 Å². The number of aryl methyl sites for hydroxylation is 1. The van der Waals surface area contributed by atoms with Gasteiger partial charge in [0, 0.05) is 6.07 Å². The maximum Gasteiger partial charge on any atom is 0.240 e. The third-order valence-electron chi connectivity index (χ3n) is 3.18. The van der Waals surface area contributed by atoms with Crippen molar-refractivity contribution in [1.29, 1.82) is 0 Å². The fraction of sp³-hybridized carbons (Fsp3) is 0.250. The molecule has 23 heavy (non-hydrogen) atoms. The molecule has 7 nitrogen and oxygen atoms in total. The van der Waals surface area contributed by atoms with E-state index in [1.54, 1.807) is 25.5 Å². The molecule has 3 aromatic rings. The van der Waals surface area contributed by atoms with Crippen molar-refractivity contribution < 1.29 is 18.2 Å². The van der Waals surface area contributed by atoms with E-state index in [1.165, 1.54) is 0 Å². The summed E-state index contributed by atoms with van der Waals surface area (Å²) in [6, 6.07) is 9.04. The molecule has 3 heterocycles. The molecule has 0 radical (unpaired) electrons. The Bertz CT molecular complexity index is 695. The fourth-order valence-electron chi connectivity index (χ4n) is 2.22. The number of anilines is 1. The summed E-state index contributed by atoms with van der Waals surface area (Å²) >= 11 is 0. The lowest BCUT2D eigenvalue weighted by molar-refractivity contribution is -0.117. The van der Waals surface area contributed by atoms with Crippen LogP contribution in [0.2, 0.25) is 0 Å². The maximum absolute atomic E-state index is 12.2. The number of hydrogen-bond acceptors (Lipinski definition) is 6. The van der Waals surface area contributed by atoms with Crippen molar-refractivity contribution in [3.8, 4) is 0 Å². The van der Waals surface area contributed by atoms with Crippen LogP contribution < -0.4 is 5.32 Å². The first-order chi connectivity index (χ1) is 11.2. The predicted molar refractivity (Wildman–Crippen MR) is 81.4 cm³/mol. The normalized spacial score (nSPS) is 11.0. The molecule has 0 aromatic carbocycles. The highest BCUT2D eigenvalue weighted by Crippen LogP contribution is 2.12. The van der Waals surface area contributed by atoms with Crippen LogP contribution >= 0.6 is 0 Å². The smallest absolute Gasteiger partial charge is 0.240 e. The summed E-state index contributed by atoms with van der Waals surface area (Å²) in [7, 11) is 0. The summed E-state index contributed by atoms with van der Waals surface area (Å²) in [4.78, 5) is 14.1. The number of nitrogens with zero attached hydrogens (tertiary/aromatic N) is 2. The van der Waals surface area contributed by atoms with Crippen LogP contribution in [0.15, 0.2) is 56.2 Å². The number of nitrogens with one attached hydrogen (secondary N) is 1. The van der Waals surface area contributed by atoms with Gasteiger partial charge >= 0.3 is 0 Å². The van der Waals surface area contributed by atoms with E-state index in [2.05, 4.69) is 10.5 Å². The molecule has 0 aliphatic rings. The predicted octanol–water partition coefficient (Wildman–Crippen LogP) is 2.81. The topological polar surface area (TPSA) is 84.7 Å². The summed E-state index contributed by atoms with van der Waals surface area (Å²) in [5.74, 6) is 1.70. The van der Waals surface area contributed by atoms with E-state index in [0.717, 1.165) is 11.5 Å². The lowest BCUT2D eigenvalue weighted by Gasteiger charge is -2.19. The van der Waals surface area contributed by atoms with E-state index < -0.39 is 0 Å². The monoisotopic (exact) mass is 315 g/mol. The largest absolute Gasteiger partial charge is 0.468 e. The molecule has 0 spiro atoms. The Balaban J connectivity index is 1.63. The minimum atomic E-state index is -0.195. The van der Waals surface area contributed by atoms with Crippen LogP contribution in [-0.4, -0.2) is 22.5 Å². The first-order valence-electron chi connectivity index (χ1n) is 7.19. The molecule has 0 atom stereocenters. The number of carbonyl (C=O) groups excluding carboxylic acids is 1. The number of furan rings is 2. The molecule has 0 unspecified atom stereocenters. The molecular weight excluding hydrogens is 298 g/mol. The van der Waals surface area contributed by atoms with Gasteiger partial charge in [-0.3, -0.25) is 15.0 Å². The molecular formula is C16H17N3O4. The van der Waals surface area contributed by atoms with Gasteiger partial charge in [-0.15, -0.1) is 0 Å². The zero-order valence-corrected chi connectivity index (χ0v) is 12.7. The van der Waals surface area contributed by atoms with Crippen LogP contribution in [-0.2, 0) is 17.9 Å². The Labute approximate surface area is 132 Å². The van der Waals surface area contributed by atoms with Gasteiger partial charge in [-0.25, -0.2) is 0 Å². The first kappa shape index (κ1) is 15.1. The zero-order chi connectivity index (χ0) is 16.1. The number of rotatable bonds is 7.